The third kappa shape index (κ3) is 1.20. The minimum atomic E-state index is 0.203. The average molecular weight is 139 g/mol. The van der Waals surface area contributed by atoms with Crippen molar-refractivity contribution in [3.8, 4) is 0 Å². The molecule has 2 heteroatoms. The van der Waals surface area contributed by atoms with Gasteiger partial charge >= 0.3 is 0 Å². The van der Waals surface area contributed by atoms with E-state index >= 15 is 0 Å². The molecular weight excluding hydrogens is 126 g/mol. The molecule has 0 saturated heterocycles. The van der Waals surface area contributed by atoms with E-state index in [-0.39, 0.29) is 5.78 Å². The number of hydrogen-bond acceptors (Lipinski definition) is 2. The lowest BCUT2D eigenvalue weighted by atomic mass is 10.1. The Labute approximate surface area is 61.3 Å². The number of hydrogen-bond donors (Lipinski definition) is 1. The maximum absolute atomic E-state index is 10.9. The molecule has 0 saturated carbocycles. The van der Waals surface area contributed by atoms with Crippen LogP contribution in [0.25, 0.3) is 0 Å². The molecule has 0 aromatic rings. The van der Waals surface area contributed by atoms with Crippen molar-refractivity contribution in [2.24, 2.45) is 0 Å². The van der Waals surface area contributed by atoms with Gasteiger partial charge in [0.25, 0.3) is 0 Å². The van der Waals surface area contributed by atoms with Gasteiger partial charge in [-0.15, -0.1) is 0 Å². The van der Waals surface area contributed by atoms with E-state index in [9.17, 15) is 4.79 Å². The first-order chi connectivity index (χ1) is 4.61. The normalized spacial score (nSPS) is 24.9. The molecule has 1 unspecified atom stereocenters. The Morgan fingerprint density at radius 1 is 1.70 bits per heavy atom. The number of rotatable bonds is 1. The van der Waals surface area contributed by atoms with Gasteiger partial charge in [0.1, 0.15) is 0 Å². The van der Waals surface area contributed by atoms with Gasteiger partial charge in [0, 0.05) is 17.3 Å². The molecule has 0 radical (unpaired) electrons. The third-order valence-electron chi connectivity index (χ3n) is 1.85. The first kappa shape index (κ1) is 7.32. The van der Waals surface area contributed by atoms with Crippen molar-refractivity contribution in [3.05, 3.63) is 11.3 Å². The molecule has 2 nitrogen and oxygen atoms in total. The molecule has 0 aromatic carbocycles. The van der Waals surface area contributed by atoms with Gasteiger partial charge in [-0.3, -0.25) is 4.79 Å². The lowest BCUT2D eigenvalue weighted by molar-refractivity contribution is -0.113. The zero-order valence-electron chi connectivity index (χ0n) is 6.69. The minimum absolute atomic E-state index is 0.203. The van der Waals surface area contributed by atoms with E-state index in [1.807, 2.05) is 6.92 Å². The van der Waals surface area contributed by atoms with Crippen LogP contribution in [0, 0.1) is 0 Å². The van der Waals surface area contributed by atoms with Gasteiger partial charge in [0.15, 0.2) is 5.78 Å². The first-order valence-electron chi connectivity index (χ1n) is 3.58. The van der Waals surface area contributed by atoms with Gasteiger partial charge in [-0.25, -0.2) is 0 Å². The van der Waals surface area contributed by atoms with Gasteiger partial charge < -0.3 is 5.32 Å². The molecule has 1 aliphatic rings. The second-order valence-corrected chi connectivity index (χ2v) is 2.91. The maximum atomic E-state index is 10.9. The van der Waals surface area contributed by atoms with Gasteiger partial charge in [0.05, 0.1) is 0 Å². The largest absolute Gasteiger partial charge is 0.385 e. The quantitative estimate of drug-likeness (QED) is 0.592. The summed E-state index contributed by atoms with van der Waals surface area (Å²) >= 11 is 0. The Hall–Kier alpha value is -0.790. The molecular formula is C8H13NO. The van der Waals surface area contributed by atoms with Crippen molar-refractivity contribution < 1.29 is 4.79 Å². The fraction of sp³-hybridized carbons (Fsp3) is 0.625. The highest BCUT2D eigenvalue weighted by Gasteiger charge is 2.19. The van der Waals surface area contributed by atoms with E-state index in [1.165, 1.54) is 0 Å². The van der Waals surface area contributed by atoms with Crippen molar-refractivity contribution in [3.63, 3.8) is 0 Å². The second-order valence-electron chi connectivity index (χ2n) is 2.91. The van der Waals surface area contributed by atoms with Crippen LogP contribution in [0.3, 0.4) is 0 Å². The topological polar surface area (TPSA) is 29.1 Å². The Morgan fingerprint density at radius 2 is 2.30 bits per heavy atom. The summed E-state index contributed by atoms with van der Waals surface area (Å²) in [4.78, 5) is 10.9. The average Bonchev–Trinajstić information content (AvgIpc) is 2.10. The second kappa shape index (κ2) is 2.45. The van der Waals surface area contributed by atoms with Gasteiger partial charge in [-0.2, -0.15) is 0 Å². The van der Waals surface area contributed by atoms with Gasteiger partial charge in [-0.05, 0) is 27.2 Å². The van der Waals surface area contributed by atoms with Crippen molar-refractivity contribution in [2.45, 2.75) is 33.2 Å². The van der Waals surface area contributed by atoms with Crippen LogP contribution in [0.5, 0.6) is 0 Å². The van der Waals surface area contributed by atoms with E-state index in [0.717, 1.165) is 17.7 Å². The molecule has 1 rings (SSSR count). The van der Waals surface area contributed by atoms with Crippen LogP contribution in [0.4, 0.5) is 0 Å². The Morgan fingerprint density at radius 3 is 2.50 bits per heavy atom. The summed E-state index contributed by atoms with van der Waals surface area (Å²) in [6, 6.07) is 0.443. The summed E-state index contributed by atoms with van der Waals surface area (Å²) in [7, 11) is 0. The molecule has 1 aliphatic heterocycles. The molecule has 0 spiro atoms. The lowest BCUT2D eigenvalue weighted by Gasteiger charge is -2.01. The number of carbonyl (C=O) groups excluding carboxylic acids is 1. The molecule has 10 heavy (non-hydrogen) atoms. The highest BCUT2D eigenvalue weighted by Crippen LogP contribution is 2.18. The summed E-state index contributed by atoms with van der Waals surface area (Å²) in [6.07, 6.45) is 0.890. The van der Waals surface area contributed by atoms with Crippen LogP contribution in [0.15, 0.2) is 11.3 Å². The van der Waals surface area contributed by atoms with E-state index < -0.39 is 0 Å². The zero-order chi connectivity index (χ0) is 7.72. The molecule has 1 heterocycles. The summed E-state index contributed by atoms with van der Waals surface area (Å²) in [5.41, 5.74) is 2.02. The fourth-order valence-corrected chi connectivity index (χ4v) is 1.37. The summed E-state index contributed by atoms with van der Waals surface area (Å²) in [6.45, 7) is 5.66. The monoisotopic (exact) mass is 139 g/mol. The van der Waals surface area contributed by atoms with Crippen LogP contribution in [-0.2, 0) is 4.79 Å². The summed E-state index contributed by atoms with van der Waals surface area (Å²) in [5, 5.41) is 3.21. The minimum Gasteiger partial charge on any atom is -0.385 e. The molecule has 1 atom stereocenters. The lowest BCUT2D eigenvalue weighted by Crippen LogP contribution is -2.16. The fourth-order valence-electron chi connectivity index (χ4n) is 1.37. The summed E-state index contributed by atoms with van der Waals surface area (Å²) < 4.78 is 0. The van der Waals surface area contributed by atoms with Crippen LogP contribution in [-0.4, -0.2) is 11.8 Å². The number of ketones is 1. The third-order valence-corrected chi connectivity index (χ3v) is 1.85. The van der Waals surface area contributed by atoms with E-state index in [1.54, 1.807) is 6.92 Å². The van der Waals surface area contributed by atoms with E-state index in [0.29, 0.717) is 6.04 Å². The van der Waals surface area contributed by atoms with Crippen molar-refractivity contribution in [1.82, 2.24) is 5.32 Å². The molecule has 0 amide bonds. The van der Waals surface area contributed by atoms with Crippen molar-refractivity contribution in [1.29, 1.82) is 0 Å². The highest BCUT2D eigenvalue weighted by molar-refractivity contribution is 5.94. The first-order valence-corrected chi connectivity index (χ1v) is 3.58. The zero-order valence-corrected chi connectivity index (χ0v) is 6.69. The van der Waals surface area contributed by atoms with Gasteiger partial charge in [0.2, 0.25) is 0 Å². The van der Waals surface area contributed by atoms with Gasteiger partial charge in [-0.1, -0.05) is 0 Å². The van der Waals surface area contributed by atoms with Crippen LogP contribution < -0.4 is 5.32 Å². The number of Topliss-reactive ketones (excluding diaryl/α,β-unsaturated/α-hetero) is 1. The Kier molecular flexibility index (Phi) is 1.79. The number of carbonyl (C=O) groups is 1. The number of allylic oxidation sites excluding steroid dienone is 1. The standard InChI is InChI=1S/C8H13NO/c1-5-4-8(7(3)10)6(2)9-5/h5,9H,4H2,1-3H3. The van der Waals surface area contributed by atoms with Crippen LogP contribution in [0.1, 0.15) is 27.2 Å². The predicted octanol–water partition coefficient (Wildman–Crippen LogP) is 1.23. The Bertz CT molecular complexity index is 193. The van der Waals surface area contributed by atoms with Crippen LogP contribution >= 0.6 is 0 Å². The highest BCUT2D eigenvalue weighted by atomic mass is 16.1. The van der Waals surface area contributed by atoms with Crippen molar-refractivity contribution >= 4 is 5.78 Å². The SMILES string of the molecule is CC(=O)C1=C(C)NC(C)C1. The van der Waals surface area contributed by atoms with Crippen molar-refractivity contribution in [2.75, 3.05) is 0 Å². The molecule has 1 N–H and O–H groups in total. The number of nitrogens with one attached hydrogen (secondary N) is 1. The molecule has 0 aromatic heterocycles. The Balaban J connectivity index is 2.76. The van der Waals surface area contributed by atoms with Crippen LogP contribution in [0.2, 0.25) is 0 Å². The smallest absolute Gasteiger partial charge is 0.157 e. The molecule has 0 bridgehead atoms. The van der Waals surface area contributed by atoms with E-state index in [4.69, 9.17) is 0 Å². The van der Waals surface area contributed by atoms with E-state index in [2.05, 4.69) is 12.2 Å². The maximum Gasteiger partial charge on any atom is 0.157 e. The molecule has 0 aliphatic carbocycles. The molecule has 56 valence electrons. The predicted molar refractivity (Wildman–Crippen MR) is 40.6 cm³/mol. The summed E-state index contributed by atoms with van der Waals surface area (Å²) in [5.74, 6) is 0.203. The molecule has 0 fully saturated rings.